The second kappa shape index (κ2) is 6.92. The Balaban J connectivity index is 2.04. The molecule has 2 atom stereocenters. The normalized spacial score (nSPS) is 23.4. The van der Waals surface area contributed by atoms with Gasteiger partial charge in [-0.3, -0.25) is 4.90 Å². The third kappa shape index (κ3) is 3.95. The van der Waals surface area contributed by atoms with Gasteiger partial charge in [0.25, 0.3) is 0 Å². The van der Waals surface area contributed by atoms with Gasteiger partial charge in [0.2, 0.25) is 0 Å². The van der Waals surface area contributed by atoms with E-state index in [2.05, 4.69) is 48.3 Å². The Morgan fingerprint density at radius 3 is 2.74 bits per heavy atom. The molecular weight excluding hydrogens is 236 g/mol. The number of methoxy groups -OCH3 is 1. The van der Waals surface area contributed by atoms with Crippen LogP contribution in [0.15, 0.2) is 24.3 Å². The maximum Gasteiger partial charge on any atom is 0.118 e. The van der Waals surface area contributed by atoms with Gasteiger partial charge in [0, 0.05) is 12.6 Å². The van der Waals surface area contributed by atoms with Crippen LogP contribution in [0.5, 0.6) is 5.75 Å². The van der Waals surface area contributed by atoms with Crippen molar-refractivity contribution in [3.63, 3.8) is 0 Å². The summed E-state index contributed by atoms with van der Waals surface area (Å²) in [7, 11) is 1.71. The Labute approximate surface area is 116 Å². The highest BCUT2D eigenvalue weighted by molar-refractivity contribution is 5.28. The minimum Gasteiger partial charge on any atom is -0.497 e. The molecule has 1 N–H and O–H groups in total. The molecule has 0 bridgehead atoms. The highest BCUT2D eigenvalue weighted by Crippen LogP contribution is 2.24. The molecule has 0 radical (unpaired) electrons. The minimum atomic E-state index is 0.478. The average Bonchev–Trinajstić information content (AvgIpc) is 2.42. The lowest BCUT2D eigenvalue weighted by Crippen LogP contribution is -2.39. The first-order chi connectivity index (χ1) is 9.20. The van der Waals surface area contributed by atoms with E-state index in [1.54, 1.807) is 7.11 Å². The maximum atomic E-state index is 5.23. The summed E-state index contributed by atoms with van der Waals surface area (Å²) in [5, 5.41) is 3.51. The molecule has 106 valence electrons. The Morgan fingerprint density at radius 2 is 2.05 bits per heavy atom. The van der Waals surface area contributed by atoms with Gasteiger partial charge in [-0.1, -0.05) is 19.1 Å². The highest BCUT2D eigenvalue weighted by Gasteiger charge is 2.19. The number of hydrogen-bond donors (Lipinski definition) is 1. The molecule has 1 fully saturated rings. The summed E-state index contributed by atoms with van der Waals surface area (Å²) in [6.45, 7) is 9.24. The van der Waals surface area contributed by atoms with Gasteiger partial charge < -0.3 is 10.1 Å². The van der Waals surface area contributed by atoms with E-state index in [-0.39, 0.29) is 0 Å². The van der Waals surface area contributed by atoms with Crippen molar-refractivity contribution in [3.8, 4) is 5.75 Å². The predicted octanol–water partition coefficient (Wildman–Crippen LogP) is 2.69. The number of benzene rings is 1. The lowest BCUT2D eigenvalue weighted by Gasteiger charge is -2.33. The molecule has 1 aliphatic heterocycles. The van der Waals surface area contributed by atoms with Crippen LogP contribution >= 0.6 is 0 Å². The van der Waals surface area contributed by atoms with E-state index in [4.69, 9.17) is 4.74 Å². The SMILES string of the molecule is COc1ccc(C(C)N2CCCNCC(C)C2)cc1. The van der Waals surface area contributed by atoms with Crippen molar-refractivity contribution in [1.29, 1.82) is 0 Å². The Bertz CT molecular complexity index is 377. The summed E-state index contributed by atoms with van der Waals surface area (Å²) in [6.07, 6.45) is 1.23. The molecule has 19 heavy (non-hydrogen) atoms. The van der Waals surface area contributed by atoms with Crippen molar-refractivity contribution in [1.82, 2.24) is 10.2 Å². The second-order valence-corrected chi connectivity index (χ2v) is 5.61. The van der Waals surface area contributed by atoms with Crippen molar-refractivity contribution in [2.75, 3.05) is 33.3 Å². The van der Waals surface area contributed by atoms with Gasteiger partial charge in [0.1, 0.15) is 5.75 Å². The second-order valence-electron chi connectivity index (χ2n) is 5.61. The summed E-state index contributed by atoms with van der Waals surface area (Å²) >= 11 is 0. The fourth-order valence-corrected chi connectivity index (χ4v) is 2.76. The minimum absolute atomic E-state index is 0.478. The topological polar surface area (TPSA) is 24.5 Å². The fraction of sp³-hybridized carbons (Fsp3) is 0.625. The molecule has 0 aromatic heterocycles. The third-order valence-electron chi connectivity index (χ3n) is 3.98. The van der Waals surface area contributed by atoms with E-state index in [0.717, 1.165) is 18.8 Å². The van der Waals surface area contributed by atoms with Crippen LogP contribution in [0.4, 0.5) is 0 Å². The van der Waals surface area contributed by atoms with E-state index in [0.29, 0.717) is 12.0 Å². The van der Waals surface area contributed by atoms with Gasteiger partial charge in [-0.25, -0.2) is 0 Å². The quantitative estimate of drug-likeness (QED) is 0.906. The smallest absolute Gasteiger partial charge is 0.118 e. The zero-order valence-electron chi connectivity index (χ0n) is 12.4. The molecule has 1 saturated heterocycles. The Hall–Kier alpha value is -1.06. The van der Waals surface area contributed by atoms with Crippen LogP contribution in [0.2, 0.25) is 0 Å². The van der Waals surface area contributed by atoms with E-state index in [1.165, 1.54) is 25.1 Å². The van der Waals surface area contributed by atoms with Crippen molar-refractivity contribution < 1.29 is 4.74 Å². The molecular formula is C16H26N2O. The van der Waals surface area contributed by atoms with E-state index in [1.807, 2.05) is 0 Å². The summed E-state index contributed by atoms with van der Waals surface area (Å²) in [4.78, 5) is 2.60. The zero-order valence-corrected chi connectivity index (χ0v) is 12.4. The van der Waals surface area contributed by atoms with Gasteiger partial charge in [0.05, 0.1) is 7.11 Å². The highest BCUT2D eigenvalue weighted by atomic mass is 16.5. The molecule has 0 saturated carbocycles. The molecule has 2 unspecified atom stereocenters. The first-order valence-electron chi connectivity index (χ1n) is 7.29. The number of nitrogens with one attached hydrogen (secondary N) is 1. The molecule has 3 nitrogen and oxygen atoms in total. The van der Waals surface area contributed by atoms with Crippen molar-refractivity contribution in [2.24, 2.45) is 5.92 Å². The lowest BCUT2D eigenvalue weighted by atomic mass is 10.0. The van der Waals surface area contributed by atoms with Gasteiger partial charge in [-0.05, 0) is 56.6 Å². The monoisotopic (exact) mass is 262 g/mol. The molecule has 0 aliphatic carbocycles. The molecule has 2 rings (SSSR count). The number of nitrogens with zero attached hydrogens (tertiary/aromatic N) is 1. The molecule has 3 heteroatoms. The van der Waals surface area contributed by atoms with Gasteiger partial charge in [-0.2, -0.15) is 0 Å². The van der Waals surface area contributed by atoms with Crippen molar-refractivity contribution in [2.45, 2.75) is 26.3 Å². The van der Waals surface area contributed by atoms with Crippen molar-refractivity contribution >= 4 is 0 Å². The fourth-order valence-electron chi connectivity index (χ4n) is 2.76. The van der Waals surface area contributed by atoms with Gasteiger partial charge >= 0.3 is 0 Å². The number of rotatable bonds is 3. The summed E-state index contributed by atoms with van der Waals surface area (Å²) < 4.78 is 5.23. The molecule has 1 aromatic rings. The van der Waals surface area contributed by atoms with Crippen LogP contribution in [0, 0.1) is 5.92 Å². The van der Waals surface area contributed by atoms with E-state index < -0.39 is 0 Å². The standard InChI is InChI=1S/C16H26N2O/c1-13-11-17-9-4-10-18(12-13)14(2)15-5-7-16(19-3)8-6-15/h5-8,13-14,17H,4,9-12H2,1-3H3. The summed E-state index contributed by atoms with van der Waals surface area (Å²) in [5.74, 6) is 1.64. The molecule has 0 amide bonds. The number of ether oxygens (including phenoxy) is 1. The Morgan fingerprint density at radius 1 is 1.32 bits per heavy atom. The van der Waals surface area contributed by atoms with E-state index >= 15 is 0 Å². The van der Waals surface area contributed by atoms with Crippen LogP contribution in [-0.4, -0.2) is 38.2 Å². The maximum absolute atomic E-state index is 5.23. The molecule has 1 aromatic carbocycles. The first kappa shape index (κ1) is 14.4. The van der Waals surface area contributed by atoms with Crippen LogP contribution in [0.25, 0.3) is 0 Å². The van der Waals surface area contributed by atoms with Crippen molar-refractivity contribution in [3.05, 3.63) is 29.8 Å². The third-order valence-corrected chi connectivity index (χ3v) is 3.98. The summed E-state index contributed by atoms with van der Waals surface area (Å²) in [6, 6.07) is 8.96. The molecule has 0 spiro atoms. The molecule has 1 heterocycles. The average molecular weight is 262 g/mol. The van der Waals surface area contributed by atoms with Crippen LogP contribution in [0.3, 0.4) is 0 Å². The number of hydrogen-bond acceptors (Lipinski definition) is 3. The van der Waals surface area contributed by atoms with Crippen LogP contribution in [-0.2, 0) is 0 Å². The molecule has 1 aliphatic rings. The largest absolute Gasteiger partial charge is 0.497 e. The van der Waals surface area contributed by atoms with Crippen LogP contribution in [0.1, 0.15) is 31.9 Å². The first-order valence-corrected chi connectivity index (χ1v) is 7.29. The summed E-state index contributed by atoms with van der Waals surface area (Å²) in [5.41, 5.74) is 1.38. The predicted molar refractivity (Wildman–Crippen MR) is 79.6 cm³/mol. The lowest BCUT2D eigenvalue weighted by molar-refractivity contribution is 0.167. The Kier molecular flexibility index (Phi) is 5.23. The van der Waals surface area contributed by atoms with E-state index in [9.17, 15) is 0 Å². The zero-order chi connectivity index (χ0) is 13.7. The van der Waals surface area contributed by atoms with Crippen LogP contribution < -0.4 is 10.1 Å². The van der Waals surface area contributed by atoms with Gasteiger partial charge in [-0.15, -0.1) is 0 Å². The van der Waals surface area contributed by atoms with Gasteiger partial charge in [0.15, 0.2) is 0 Å².